The smallest absolute Gasteiger partial charge is 0.349 e. The molecule has 2 rings (SSSR count). The minimum atomic E-state index is -4.88. The average Bonchev–Trinajstić information content (AvgIpc) is 2.63. The largest absolute Gasteiger partial charge is 0.402 e. The average molecular weight is 637 g/mol. The van der Waals surface area contributed by atoms with Gasteiger partial charge in [-0.3, -0.25) is 4.79 Å². The quantitative estimate of drug-likeness (QED) is 0.294. The molecular weight excluding hydrogens is 616 g/mol. The maximum absolute atomic E-state index is 14.3. The van der Waals surface area contributed by atoms with Crippen LogP contribution in [0.1, 0.15) is 41.3 Å². The number of sulfone groups is 1. The molecule has 0 fully saturated rings. The second-order valence-electron chi connectivity index (χ2n) is 8.28. The van der Waals surface area contributed by atoms with E-state index in [1.54, 1.807) is 0 Å². The van der Waals surface area contributed by atoms with Crippen molar-refractivity contribution in [3.8, 4) is 0 Å². The van der Waals surface area contributed by atoms with Gasteiger partial charge < -0.3 is 5.32 Å². The highest BCUT2D eigenvalue weighted by atomic mass is 79.9. The highest BCUT2D eigenvalue weighted by Crippen LogP contribution is 2.37. The van der Waals surface area contributed by atoms with Gasteiger partial charge in [-0.2, -0.15) is 13.2 Å². The summed E-state index contributed by atoms with van der Waals surface area (Å²) in [6.45, 7) is 2.03. The Bertz CT molecular complexity index is 1230. The lowest BCUT2D eigenvalue weighted by atomic mass is 9.92. The Hall–Kier alpha value is -1.69. The normalized spacial score (nSPS) is 14.6. The minimum Gasteiger partial charge on any atom is -0.349 e. The molecule has 0 spiro atoms. The van der Waals surface area contributed by atoms with Crippen LogP contribution >= 0.6 is 39.1 Å². The van der Waals surface area contributed by atoms with E-state index in [1.165, 1.54) is 55.5 Å². The molecule has 1 amide bonds. The van der Waals surface area contributed by atoms with Gasteiger partial charge in [0.05, 0.1) is 17.2 Å². The van der Waals surface area contributed by atoms with E-state index in [4.69, 9.17) is 23.2 Å². The van der Waals surface area contributed by atoms with Gasteiger partial charge in [0.15, 0.2) is 9.84 Å². The van der Waals surface area contributed by atoms with Crippen molar-refractivity contribution in [2.24, 2.45) is 0 Å². The topological polar surface area (TPSA) is 63.2 Å². The summed E-state index contributed by atoms with van der Waals surface area (Å²) in [5.41, 5.74) is 0.744. The first kappa shape index (κ1) is 30.5. The lowest BCUT2D eigenvalue weighted by Gasteiger charge is -2.21. The molecule has 0 radical (unpaired) electrons. The number of halogens is 8. The third kappa shape index (κ3) is 9.64. The molecule has 13 heteroatoms. The Labute approximate surface area is 223 Å². The van der Waals surface area contributed by atoms with Gasteiger partial charge in [-0.1, -0.05) is 41.4 Å². The first-order valence-electron chi connectivity index (χ1n) is 10.3. The third-order valence-corrected chi connectivity index (χ3v) is 7.64. The van der Waals surface area contributed by atoms with Crippen molar-refractivity contribution in [3.63, 3.8) is 0 Å². The van der Waals surface area contributed by atoms with E-state index in [9.17, 15) is 35.2 Å². The third-order valence-electron chi connectivity index (χ3n) is 4.77. The van der Waals surface area contributed by atoms with Crippen LogP contribution in [0.15, 0.2) is 46.9 Å². The molecule has 2 aromatic carbocycles. The fourth-order valence-electron chi connectivity index (χ4n) is 3.39. The second kappa shape index (κ2) is 11.8. The summed E-state index contributed by atoms with van der Waals surface area (Å²) in [6, 6.07) is 7.43. The molecule has 0 aliphatic carbocycles. The summed E-state index contributed by atoms with van der Waals surface area (Å²) in [7, 11) is -4.48. The van der Waals surface area contributed by atoms with Crippen LogP contribution in [0.2, 0.25) is 10.0 Å². The number of benzene rings is 2. The maximum Gasteiger partial charge on any atom is 0.402 e. The predicted octanol–water partition coefficient (Wildman–Crippen LogP) is 7.30. The molecule has 36 heavy (non-hydrogen) atoms. The van der Waals surface area contributed by atoms with E-state index in [1.807, 2.05) is 0 Å². The molecule has 1 N–H and O–H groups in total. The summed E-state index contributed by atoms with van der Waals surface area (Å²) in [5.74, 6) is -8.10. The van der Waals surface area contributed by atoms with Crippen LogP contribution in [0, 0.1) is 0 Å². The number of nitrogens with one attached hydrogen (secondary N) is 1. The predicted molar refractivity (Wildman–Crippen MR) is 135 cm³/mol. The van der Waals surface area contributed by atoms with Crippen LogP contribution in [0.4, 0.5) is 22.0 Å². The van der Waals surface area contributed by atoms with Gasteiger partial charge in [0.1, 0.15) is 5.75 Å². The molecule has 0 saturated carbocycles. The van der Waals surface area contributed by atoms with Crippen molar-refractivity contribution >= 4 is 61.0 Å². The highest BCUT2D eigenvalue weighted by Gasteiger charge is 2.36. The molecule has 198 valence electrons. The Morgan fingerprint density at radius 2 is 1.67 bits per heavy atom. The van der Waals surface area contributed by atoms with Gasteiger partial charge >= 0.3 is 6.18 Å². The zero-order valence-electron chi connectivity index (χ0n) is 18.8. The number of hydrogen-bond donors (Lipinski definition) is 1. The number of allylic oxidation sites excluding steroid dienone is 1. The monoisotopic (exact) mass is 635 g/mol. The first-order valence-corrected chi connectivity index (χ1v) is 13.6. The van der Waals surface area contributed by atoms with Crippen LogP contribution in [0.5, 0.6) is 0 Å². The summed E-state index contributed by atoms with van der Waals surface area (Å²) >= 11 is 15.1. The SMILES string of the molecule is CC(CS(=O)(=O)CC(F)(F)F)NC(=O)c1ccc(/C=C/C(c2cc(Cl)cc(Cl)c2)C(C)(F)F)cc1Br. The van der Waals surface area contributed by atoms with E-state index in [2.05, 4.69) is 21.2 Å². The number of hydrogen-bond acceptors (Lipinski definition) is 3. The van der Waals surface area contributed by atoms with E-state index in [0.29, 0.717) is 5.56 Å². The Balaban J connectivity index is 2.18. The van der Waals surface area contributed by atoms with Crippen molar-refractivity contribution in [3.05, 3.63) is 73.7 Å². The minimum absolute atomic E-state index is 0.0752. The fraction of sp³-hybridized carbons (Fsp3) is 0.348. The highest BCUT2D eigenvalue weighted by molar-refractivity contribution is 9.10. The van der Waals surface area contributed by atoms with Crippen LogP contribution in [0.25, 0.3) is 6.08 Å². The van der Waals surface area contributed by atoms with Gasteiger partial charge in [-0.05, 0) is 64.3 Å². The van der Waals surface area contributed by atoms with E-state index < -0.39 is 51.3 Å². The maximum atomic E-state index is 14.3. The van der Waals surface area contributed by atoms with Crippen LogP contribution in [-0.2, 0) is 9.84 Å². The first-order chi connectivity index (χ1) is 16.4. The van der Waals surface area contributed by atoms with Crippen molar-refractivity contribution < 1.29 is 35.2 Å². The molecule has 0 heterocycles. The molecule has 0 saturated heterocycles. The van der Waals surface area contributed by atoms with Crippen LogP contribution < -0.4 is 5.32 Å². The molecule has 0 aromatic heterocycles. The summed E-state index contributed by atoms with van der Waals surface area (Å²) in [5, 5.41) is 2.76. The van der Waals surface area contributed by atoms with Crippen molar-refractivity contribution in [2.75, 3.05) is 11.5 Å². The standard InChI is InChI=1S/C23H21BrCl2F5NO3S/c1-13(11-36(34,35)12-23(29,30)31)32-21(33)18-5-3-14(7-20(18)24)4-6-19(22(2,27)28)15-8-16(25)10-17(26)9-15/h3-10,13,19H,11-12H2,1-2H3,(H,32,33)/b6-4+. The lowest BCUT2D eigenvalue weighted by molar-refractivity contribution is -0.106. The van der Waals surface area contributed by atoms with Crippen molar-refractivity contribution in [1.29, 1.82) is 0 Å². The van der Waals surface area contributed by atoms with E-state index >= 15 is 0 Å². The summed E-state index contributed by atoms with van der Waals surface area (Å²) < 4.78 is 89.4. The van der Waals surface area contributed by atoms with Gasteiger partial charge in [-0.25, -0.2) is 17.2 Å². The number of carbonyl (C=O) groups is 1. The molecule has 4 nitrogen and oxygen atoms in total. The molecule has 2 atom stereocenters. The van der Waals surface area contributed by atoms with Gasteiger partial charge in [0.25, 0.3) is 11.8 Å². The van der Waals surface area contributed by atoms with Gasteiger partial charge in [0.2, 0.25) is 0 Å². The van der Waals surface area contributed by atoms with Crippen molar-refractivity contribution in [1.82, 2.24) is 5.32 Å². The lowest BCUT2D eigenvalue weighted by Crippen LogP contribution is -2.39. The molecule has 0 aliphatic rings. The molecule has 2 unspecified atom stereocenters. The Morgan fingerprint density at radius 3 is 2.17 bits per heavy atom. The van der Waals surface area contributed by atoms with Crippen LogP contribution in [0.3, 0.4) is 0 Å². The van der Waals surface area contributed by atoms with Gasteiger partial charge in [0, 0.05) is 27.5 Å². The van der Waals surface area contributed by atoms with Crippen LogP contribution in [-0.4, -0.2) is 44.0 Å². The number of carbonyl (C=O) groups excluding carboxylic acids is 1. The molecular formula is C23H21BrCl2F5NO3S. The zero-order chi connectivity index (χ0) is 27.5. The summed E-state index contributed by atoms with van der Waals surface area (Å²) in [6.07, 6.45) is -2.18. The summed E-state index contributed by atoms with van der Waals surface area (Å²) in [4.78, 5) is 12.5. The zero-order valence-corrected chi connectivity index (χ0v) is 22.8. The Morgan fingerprint density at radius 1 is 1.08 bits per heavy atom. The number of alkyl halides is 5. The number of amides is 1. The van der Waals surface area contributed by atoms with Crippen molar-refractivity contribution in [2.45, 2.75) is 37.9 Å². The molecule has 0 aliphatic heterocycles. The number of rotatable bonds is 9. The molecule has 2 aromatic rings. The fourth-order valence-corrected chi connectivity index (χ4v) is 5.97. The Kier molecular flexibility index (Phi) is 10.00. The van der Waals surface area contributed by atoms with E-state index in [0.717, 1.165) is 6.92 Å². The van der Waals surface area contributed by atoms with Gasteiger partial charge in [-0.15, -0.1) is 0 Å². The second-order valence-corrected chi connectivity index (χ2v) is 12.1. The molecule has 0 bridgehead atoms. The van der Waals surface area contributed by atoms with E-state index in [-0.39, 0.29) is 25.6 Å².